The van der Waals surface area contributed by atoms with Crippen molar-refractivity contribution >= 4 is 0 Å². The zero-order valence-electron chi connectivity index (χ0n) is 12.1. The molecule has 108 valence electrons. The zero-order valence-corrected chi connectivity index (χ0v) is 12.1. The van der Waals surface area contributed by atoms with Crippen molar-refractivity contribution in [3.05, 3.63) is 0 Å². The highest BCUT2D eigenvalue weighted by Gasteiger charge is 2.49. The molecule has 19 heavy (non-hydrogen) atoms. The lowest BCUT2D eigenvalue weighted by atomic mass is 9.50. The molecule has 0 spiro atoms. The molecule has 4 aliphatic carbocycles. The molecule has 2 nitrogen and oxygen atoms in total. The molecular formula is C17H29NO. The predicted molar refractivity (Wildman–Crippen MR) is 76.7 cm³/mol. The molecule has 5 aliphatic rings. The third-order valence-electron chi connectivity index (χ3n) is 6.74. The molecule has 5 rings (SSSR count). The molecule has 1 heterocycles. The molecule has 1 unspecified atom stereocenters. The van der Waals surface area contributed by atoms with Gasteiger partial charge in [0.1, 0.15) is 0 Å². The Morgan fingerprint density at radius 2 is 1.47 bits per heavy atom. The van der Waals surface area contributed by atoms with Crippen LogP contribution < -0.4 is 5.73 Å². The molecular weight excluding hydrogens is 234 g/mol. The molecule has 0 aromatic carbocycles. The Morgan fingerprint density at radius 3 is 2.05 bits per heavy atom. The largest absolute Gasteiger partial charge is 0.381 e. The van der Waals surface area contributed by atoms with Gasteiger partial charge in [-0.2, -0.15) is 0 Å². The minimum absolute atomic E-state index is 0.484. The van der Waals surface area contributed by atoms with Crippen LogP contribution in [0, 0.1) is 35.5 Å². The summed E-state index contributed by atoms with van der Waals surface area (Å²) >= 11 is 0. The van der Waals surface area contributed by atoms with E-state index in [0.717, 1.165) is 48.7 Å². The summed E-state index contributed by atoms with van der Waals surface area (Å²) in [6.07, 6.45) is 11.4. The second kappa shape index (κ2) is 5.04. The number of hydrogen-bond donors (Lipinski definition) is 1. The summed E-state index contributed by atoms with van der Waals surface area (Å²) in [7, 11) is 0. The molecule has 5 fully saturated rings. The lowest BCUT2D eigenvalue weighted by Crippen LogP contribution is -2.52. The molecule has 1 atom stereocenters. The summed E-state index contributed by atoms with van der Waals surface area (Å²) in [6.45, 7) is 1.94. The van der Waals surface area contributed by atoms with Gasteiger partial charge in [0.15, 0.2) is 0 Å². The first-order valence-corrected chi connectivity index (χ1v) is 8.63. The van der Waals surface area contributed by atoms with Gasteiger partial charge in [0.25, 0.3) is 0 Å². The predicted octanol–water partition coefficient (Wildman–Crippen LogP) is 3.20. The summed E-state index contributed by atoms with van der Waals surface area (Å²) in [4.78, 5) is 0. The van der Waals surface area contributed by atoms with Gasteiger partial charge in [0, 0.05) is 19.3 Å². The van der Waals surface area contributed by atoms with Crippen molar-refractivity contribution in [3.8, 4) is 0 Å². The van der Waals surface area contributed by atoms with Gasteiger partial charge in [0.05, 0.1) is 0 Å². The molecule has 2 heteroatoms. The third-order valence-corrected chi connectivity index (χ3v) is 6.74. The van der Waals surface area contributed by atoms with E-state index in [9.17, 15) is 0 Å². The summed E-state index contributed by atoms with van der Waals surface area (Å²) in [5.74, 6) is 5.86. The van der Waals surface area contributed by atoms with Crippen LogP contribution in [0.1, 0.15) is 51.4 Å². The van der Waals surface area contributed by atoms with Gasteiger partial charge >= 0.3 is 0 Å². The fraction of sp³-hybridized carbons (Fsp3) is 1.00. The SMILES string of the molecule is NC(CC1CCOCC1)C1C2CC3CC(C2)CC1C3. The molecule has 4 saturated carbocycles. The van der Waals surface area contributed by atoms with Crippen LogP contribution in [0.15, 0.2) is 0 Å². The summed E-state index contributed by atoms with van der Waals surface area (Å²) < 4.78 is 5.48. The molecule has 1 aliphatic heterocycles. The van der Waals surface area contributed by atoms with Crippen molar-refractivity contribution in [2.45, 2.75) is 57.4 Å². The molecule has 2 N–H and O–H groups in total. The average Bonchev–Trinajstić information content (AvgIpc) is 2.38. The fourth-order valence-electron chi connectivity index (χ4n) is 6.19. The zero-order chi connectivity index (χ0) is 12.8. The van der Waals surface area contributed by atoms with Crippen LogP contribution >= 0.6 is 0 Å². The number of hydrogen-bond acceptors (Lipinski definition) is 2. The number of ether oxygens (including phenoxy) is 1. The fourth-order valence-corrected chi connectivity index (χ4v) is 6.19. The molecule has 0 aromatic rings. The van der Waals surface area contributed by atoms with E-state index in [0.29, 0.717) is 6.04 Å². The van der Waals surface area contributed by atoms with Crippen LogP contribution in [0.4, 0.5) is 0 Å². The van der Waals surface area contributed by atoms with Crippen LogP contribution in [0.25, 0.3) is 0 Å². The lowest BCUT2D eigenvalue weighted by molar-refractivity contribution is -0.0515. The van der Waals surface area contributed by atoms with Crippen LogP contribution in [0.3, 0.4) is 0 Å². The van der Waals surface area contributed by atoms with E-state index in [4.69, 9.17) is 10.5 Å². The highest BCUT2D eigenvalue weighted by molar-refractivity contribution is 5.01. The van der Waals surface area contributed by atoms with Crippen LogP contribution in [0.2, 0.25) is 0 Å². The van der Waals surface area contributed by atoms with E-state index in [1.807, 2.05) is 0 Å². The van der Waals surface area contributed by atoms with Crippen LogP contribution in [-0.2, 0) is 4.74 Å². The Balaban J connectivity index is 1.40. The van der Waals surface area contributed by atoms with Gasteiger partial charge < -0.3 is 10.5 Å². The van der Waals surface area contributed by atoms with Gasteiger partial charge in [-0.1, -0.05) is 0 Å². The summed E-state index contributed by atoms with van der Waals surface area (Å²) in [6, 6.07) is 0.484. The maximum absolute atomic E-state index is 6.69. The Hall–Kier alpha value is -0.0800. The van der Waals surface area contributed by atoms with E-state index in [2.05, 4.69) is 0 Å². The quantitative estimate of drug-likeness (QED) is 0.848. The van der Waals surface area contributed by atoms with E-state index in [1.165, 1.54) is 44.9 Å². The molecule has 1 saturated heterocycles. The van der Waals surface area contributed by atoms with Gasteiger partial charge in [-0.15, -0.1) is 0 Å². The maximum Gasteiger partial charge on any atom is 0.0468 e. The summed E-state index contributed by atoms with van der Waals surface area (Å²) in [5.41, 5.74) is 6.69. The second-order valence-corrected chi connectivity index (χ2v) is 7.96. The highest BCUT2D eigenvalue weighted by Crippen LogP contribution is 2.57. The number of rotatable bonds is 3. The monoisotopic (exact) mass is 263 g/mol. The Kier molecular flexibility index (Phi) is 3.35. The minimum Gasteiger partial charge on any atom is -0.381 e. The van der Waals surface area contributed by atoms with E-state index < -0.39 is 0 Å². The van der Waals surface area contributed by atoms with Crippen molar-refractivity contribution in [2.75, 3.05) is 13.2 Å². The Labute approximate surface area is 117 Å². The van der Waals surface area contributed by atoms with Crippen molar-refractivity contribution in [2.24, 2.45) is 41.2 Å². The second-order valence-electron chi connectivity index (χ2n) is 7.96. The Morgan fingerprint density at radius 1 is 0.895 bits per heavy atom. The van der Waals surface area contributed by atoms with Crippen LogP contribution in [0.5, 0.6) is 0 Å². The minimum atomic E-state index is 0.484. The van der Waals surface area contributed by atoms with Crippen molar-refractivity contribution in [1.82, 2.24) is 0 Å². The standard InChI is InChI=1S/C17H29NO/c18-16(10-11-1-3-19-4-2-11)17-14-6-12-5-13(8-14)9-15(17)7-12/h11-17H,1-10,18H2. The van der Waals surface area contributed by atoms with Crippen molar-refractivity contribution in [3.63, 3.8) is 0 Å². The van der Waals surface area contributed by atoms with Gasteiger partial charge in [-0.3, -0.25) is 0 Å². The van der Waals surface area contributed by atoms with E-state index in [1.54, 1.807) is 6.42 Å². The first kappa shape index (κ1) is 12.6. The summed E-state index contributed by atoms with van der Waals surface area (Å²) in [5, 5.41) is 0. The Bertz CT molecular complexity index is 295. The van der Waals surface area contributed by atoms with Crippen molar-refractivity contribution < 1.29 is 4.74 Å². The molecule has 4 bridgehead atoms. The molecule has 0 aromatic heterocycles. The maximum atomic E-state index is 6.69. The molecule has 0 radical (unpaired) electrons. The van der Waals surface area contributed by atoms with Gasteiger partial charge in [-0.05, 0) is 86.9 Å². The first-order chi connectivity index (χ1) is 9.29. The topological polar surface area (TPSA) is 35.2 Å². The molecule has 0 amide bonds. The average molecular weight is 263 g/mol. The smallest absolute Gasteiger partial charge is 0.0468 e. The van der Waals surface area contributed by atoms with Crippen molar-refractivity contribution in [1.29, 1.82) is 0 Å². The lowest BCUT2D eigenvalue weighted by Gasteiger charge is -2.56. The normalized spacial score (nSPS) is 47.5. The first-order valence-electron chi connectivity index (χ1n) is 8.63. The van der Waals surface area contributed by atoms with Crippen LogP contribution in [-0.4, -0.2) is 19.3 Å². The third kappa shape index (κ3) is 2.35. The van der Waals surface area contributed by atoms with E-state index >= 15 is 0 Å². The number of nitrogens with two attached hydrogens (primary N) is 1. The van der Waals surface area contributed by atoms with E-state index in [-0.39, 0.29) is 0 Å². The van der Waals surface area contributed by atoms with Gasteiger partial charge in [0.2, 0.25) is 0 Å². The van der Waals surface area contributed by atoms with Gasteiger partial charge in [-0.25, -0.2) is 0 Å². The highest BCUT2D eigenvalue weighted by atomic mass is 16.5.